The van der Waals surface area contributed by atoms with Crippen molar-refractivity contribution >= 4 is 44.4 Å². The summed E-state index contributed by atoms with van der Waals surface area (Å²) in [5.41, 5.74) is 2.44. The van der Waals surface area contributed by atoms with Crippen LogP contribution in [-0.2, 0) is 22.6 Å². The first-order valence-corrected chi connectivity index (χ1v) is 12.2. The zero-order valence-electron chi connectivity index (χ0n) is 19.0. The first-order valence-electron chi connectivity index (χ1n) is 11.4. The minimum absolute atomic E-state index is 0.00563. The second-order valence-electron chi connectivity index (χ2n) is 8.66. The van der Waals surface area contributed by atoms with E-state index in [4.69, 9.17) is 0 Å². The Labute approximate surface area is 206 Å². The van der Waals surface area contributed by atoms with Gasteiger partial charge in [-0.25, -0.2) is 4.39 Å². The molecule has 0 saturated carbocycles. The maximum absolute atomic E-state index is 14.3. The van der Waals surface area contributed by atoms with Crippen LogP contribution < -0.4 is 5.32 Å². The van der Waals surface area contributed by atoms with Crippen LogP contribution >= 0.6 is 15.9 Å². The Balaban J connectivity index is 1.42. The van der Waals surface area contributed by atoms with Crippen molar-refractivity contribution in [3.63, 3.8) is 0 Å². The molecule has 0 aliphatic carbocycles. The zero-order valence-corrected chi connectivity index (χ0v) is 20.6. The fourth-order valence-corrected chi connectivity index (χ4v) is 4.85. The molecule has 1 fully saturated rings. The van der Waals surface area contributed by atoms with Crippen LogP contribution in [0.25, 0.3) is 10.9 Å². The van der Waals surface area contributed by atoms with Crippen molar-refractivity contribution in [3.8, 4) is 0 Å². The molecule has 8 heteroatoms. The Hall–Kier alpha value is -3.00. The predicted octanol–water partition coefficient (Wildman–Crippen LogP) is 4.29. The Morgan fingerprint density at radius 3 is 2.65 bits per heavy atom. The van der Waals surface area contributed by atoms with E-state index in [1.807, 2.05) is 48.5 Å². The van der Waals surface area contributed by atoms with Crippen LogP contribution in [0.5, 0.6) is 0 Å². The highest BCUT2D eigenvalue weighted by atomic mass is 79.9. The lowest BCUT2D eigenvalue weighted by molar-refractivity contribution is -0.138. The van der Waals surface area contributed by atoms with Crippen molar-refractivity contribution in [2.45, 2.75) is 44.9 Å². The van der Waals surface area contributed by atoms with Crippen molar-refractivity contribution < 1.29 is 18.8 Å². The normalized spacial score (nSPS) is 17.8. The Bertz CT molecular complexity index is 1210. The Morgan fingerprint density at radius 2 is 1.91 bits per heavy atom. The molecule has 2 atom stereocenters. The summed E-state index contributed by atoms with van der Waals surface area (Å²) in [6, 6.07) is 14.7. The van der Waals surface area contributed by atoms with E-state index in [1.54, 1.807) is 10.8 Å². The van der Waals surface area contributed by atoms with Gasteiger partial charge >= 0.3 is 0 Å². The number of hydrogen-bond acceptors (Lipinski definition) is 3. The Kier molecular flexibility index (Phi) is 7.46. The number of aryl methyl sites for hydroxylation is 1. The van der Waals surface area contributed by atoms with Gasteiger partial charge in [0.2, 0.25) is 11.8 Å². The second kappa shape index (κ2) is 10.5. The summed E-state index contributed by atoms with van der Waals surface area (Å²) in [6.07, 6.45) is 1.99. The van der Waals surface area contributed by atoms with Crippen LogP contribution in [-0.4, -0.2) is 52.4 Å². The van der Waals surface area contributed by atoms with E-state index in [9.17, 15) is 18.8 Å². The summed E-state index contributed by atoms with van der Waals surface area (Å²) in [7, 11) is 0. The van der Waals surface area contributed by atoms with Crippen LogP contribution in [0.4, 0.5) is 4.39 Å². The highest BCUT2D eigenvalue weighted by molar-refractivity contribution is 9.10. The molecule has 1 aromatic heterocycles. The molecule has 1 aliphatic rings. The van der Waals surface area contributed by atoms with Gasteiger partial charge in [-0.15, -0.1) is 0 Å². The number of Topliss-reactive ketones (excluding diaryl/α,β-unsaturated/α-hetero) is 1. The minimum atomic E-state index is -1.24. The summed E-state index contributed by atoms with van der Waals surface area (Å²) >= 11 is 3.42. The standard InChI is InChI=1S/C26H27BrFN3O3/c1-17(32)22-15-30(23-10-9-19(27)12-21(22)23)16-25(33)31-14-20(28)13-24(31)26(34)29-11-5-8-18-6-3-2-4-7-18/h2-4,6-7,9-10,12,15,20,24H,5,8,11,13-14,16H2,1H3,(H,29,34)/t20-,24+/m1/s1. The van der Waals surface area contributed by atoms with E-state index >= 15 is 0 Å². The molecular weight excluding hydrogens is 501 g/mol. The summed E-state index contributed by atoms with van der Waals surface area (Å²) in [5.74, 6) is -0.779. The number of hydrogen-bond donors (Lipinski definition) is 1. The number of nitrogens with zero attached hydrogens (tertiary/aromatic N) is 2. The van der Waals surface area contributed by atoms with Gasteiger partial charge in [0.15, 0.2) is 5.78 Å². The van der Waals surface area contributed by atoms with E-state index in [1.165, 1.54) is 17.4 Å². The van der Waals surface area contributed by atoms with Crippen molar-refractivity contribution in [3.05, 3.63) is 70.3 Å². The third kappa shape index (κ3) is 5.38. The number of benzene rings is 2. The number of fused-ring (bicyclic) bond motifs is 1. The van der Waals surface area contributed by atoms with Crippen LogP contribution in [0.2, 0.25) is 0 Å². The molecule has 1 aliphatic heterocycles. The van der Waals surface area contributed by atoms with Gasteiger partial charge < -0.3 is 14.8 Å². The van der Waals surface area contributed by atoms with Gasteiger partial charge in [-0.3, -0.25) is 14.4 Å². The zero-order chi connectivity index (χ0) is 24.2. The molecule has 3 aromatic rings. The third-order valence-electron chi connectivity index (χ3n) is 6.19. The highest BCUT2D eigenvalue weighted by Gasteiger charge is 2.39. The van der Waals surface area contributed by atoms with Crippen LogP contribution in [0, 0.1) is 0 Å². The molecule has 34 heavy (non-hydrogen) atoms. The molecule has 2 heterocycles. The molecule has 0 spiro atoms. The molecule has 2 amide bonds. The molecule has 1 saturated heterocycles. The fraction of sp³-hybridized carbons (Fsp3) is 0.346. The average Bonchev–Trinajstić information content (AvgIpc) is 3.38. The van der Waals surface area contributed by atoms with Crippen LogP contribution in [0.3, 0.4) is 0 Å². The molecule has 0 unspecified atom stereocenters. The van der Waals surface area contributed by atoms with Gasteiger partial charge in [-0.05, 0) is 43.5 Å². The maximum Gasteiger partial charge on any atom is 0.243 e. The first-order chi connectivity index (χ1) is 16.3. The lowest BCUT2D eigenvalue weighted by Gasteiger charge is -2.24. The van der Waals surface area contributed by atoms with E-state index in [-0.39, 0.29) is 37.1 Å². The van der Waals surface area contributed by atoms with Gasteiger partial charge in [0.05, 0.1) is 6.54 Å². The van der Waals surface area contributed by atoms with Gasteiger partial charge in [-0.2, -0.15) is 0 Å². The molecule has 6 nitrogen and oxygen atoms in total. The second-order valence-corrected chi connectivity index (χ2v) is 9.58. The SMILES string of the molecule is CC(=O)c1cn(CC(=O)N2C[C@H](F)C[C@H]2C(=O)NCCCc2ccccc2)c2ccc(Br)cc12. The number of amides is 2. The number of likely N-dealkylation sites (tertiary alicyclic amines) is 1. The van der Waals surface area contributed by atoms with Crippen molar-refractivity contribution in [1.29, 1.82) is 0 Å². The minimum Gasteiger partial charge on any atom is -0.354 e. The number of rotatable bonds is 8. The number of carbonyl (C=O) groups excluding carboxylic acids is 3. The summed E-state index contributed by atoms with van der Waals surface area (Å²) in [5, 5.41) is 3.61. The highest BCUT2D eigenvalue weighted by Crippen LogP contribution is 2.27. The summed E-state index contributed by atoms with van der Waals surface area (Å²) in [4.78, 5) is 39.4. The smallest absolute Gasteiger partial charge is 0.243 e. The Morgan fingerprint density at radius 1 is 1.15 bits per heavy atom. The van der Waals surface area contributed by atoms with E-state index in [2.05, 4.69) is 21.2 Å². The number of alkyl halides is 1. The number of aromatic nitrogens is 1. The molecule has 1 N–H and O–H groups in total. The molecule has 2 aromatic carbocycles. The van der Waals surface area contributed by atoms with Gasteiger partial charge in [0.1, 0.15) is 18.8 Å². The van der Waals surface area contributed by atoms with Crippen LogP contribution in [0.1, 0.15) is 35.7 Å². The quantitative estimate of drug-likeness (QED) is 0.350. The van der Waals surface area contributed by atoms with Crippen molar-refractivity contribution in [1.82, 2.24) is 14.8 Å². The molecule has 0 radical (unpaired) electrons. The fourth-order valence-electron chi connectivity index (χ4n) is 4.49. The topological polar surface area (TPSA) is 71.4 Å². The largest absolute Gasteiger partial charge is 0.354 e. The van der Waals surface area contributed by atoms with Gasteiger partial charge in [-0.1, -0.05) is 46.3 Å². The molecule has 4 rings (SSSR count). The summed E-state index contributed by atoms with van der Waals surface area (Å²) in [6.45, 7) is 1.76. The lowest BCUT2D eigenvalue weighted by atomic mass is 10.1. The predicted molar refractivity (Wildman–Crippen MR) is 132 cm³/mol. The maximum atomic E-state index is 14.3. The molecular formula is C26H27BrFN3O3. The van der Waals surface area contributed by atoms with Crippen LogP contribution in [0.15, 0.2) is 59.2 Å². The average molecular weight is 528 g/mol. The van der Waals surface area contributed by atoms with E-state index < -0.39 is 12.2 Å². The van der Waals surface area contributed by atoms with E-state index in [0.29, 0.717) is 12.1 Å². The number of carbonyl (C=O) groups is 3. The number of halogens is 2. The number of ketones is 1. The lowest BCUT2D eigenvalue weighted by Crippen LogP contribution is -2.47. The van der Waals surface area contributed by atoms with Crippen molar-refractivity contribution in [2.24, 2.45) is 0 Å². The monoisotopic (exact) mass is 527 g/mol. The van der Waals surface area contributed by atoms with Gasteiger partial charge in [0, 0.05) is 40.1 Å². The molecule has 178 valence electrons. The summed E-state index contributed by atoms with van der Waals surface area (Å²) < 4.78 is 16.8. The number of nitrogens with one attached hydrogen (secondary N) is 1. The van der Waals surface area contributed by atoms with Crippen molar-refractivity contribution in [2.75, 3.05) is 13.1 Å². The third-order valence-corrected chi connectivity index (χ3v) is 6.68. The van der Waals surface area contributed by atoms with Gasteiger partial charge in [0.25, 0.3) is 0 Å². The molecule has 0 bridgehead atoms. The van der Waals surface area contributed by atoms with E-state index in [0.717, 1.165) is 28.2 Å². The first kappa shape index (κ1) is 24.1.